The van der Waals surface area contributed by atoms with Gasteiger partial charge in [-0.2, -0.15) is 13.1 Å². The van der Waals surface area contributed by atoms with Gasteiger partial charge in [0.2, 0.25) is 0 Å². The number of nitrogens with zero attached hydrogens (tertiary/aromatic N) is 2. The van der Waals surface area contributed by atoms with Crippen molar-refractivity contribution in [1.29, 1.82) is 0 Å². The predicted octanol–water partition coefficient (Wildman–Crippen LogP) is 1.05. The zero-order valence-corrected chi connectivity index (χ0v) is 21.8. The van der Waals surface area contributed by atoms with Gasteiger partial charge in [-0.25, -0.2) is 18.9 Å². The van der Waals surface area contributed by atoms with Crippen molar-refractivity contribution < 1.29 is 42.8 Å². The topological polar surface area (TPSA) is 182 Å². The summed E-state index contributed by atoms with van der Waals surface area (Å²) in [7, 11) is -4.45. The van der Waals surface area contributed by atoms with Crippen LogP contribution in [0, 0.1) is 12.7 Å². The van der Waals surface area contributed by atoms with Crippen LogP contribution in [0.15, 0.2) is 23.3 Å². The molecule has 0 spiro atoms. The Morgan fingerprint density at radius 2 is 2.08 bits per heavy atom. The number of pyridine rings is 1. The first kappa shape index (κ1) is 26.1. The molecular weight excluding hydrogens is 535 g/mol. The van der Waals surface area contributed by atoms with Crippen molar-refractivity contribution in [3.05, 3.63) is 57.1 Å². The minimum Gasteiger partial charge on any atom is -0.464 e. The maximum Gasteiger partial charge on any atom is 0.419 e. The van der Waals surface area contributed by atoms with E-state index in [4.69, 9.17) is 14.8 Å². The normalized spacial score (nSPS) is 27.7. The average molecular weight is 563 g/mol. The van der Waals surface area contributed by atoms with Crippen molar-refractivity contribution in [2.75, 3.05) is 6.61 Å². The summed E-state index contributed by atoms with van der Waals surface area (Å²) < 4.78 is 49.3. The number of ether oxygens (including phenoxy) is 1. The van der Waals surface area contributed by atoms with E-state index in [0.29, 0.717) is 56.6 Å². The Morgan fingerprint density at radius 3 is 2.77 bits per heavy atom. The van der Waals surface area contributed by atoms with Crippen LogP contribution >= 0.6 is 0 Å². The molecule has 39 heavy (non-hydrogen) atoms. The molecule has 0 fully saturated rings. The first-order chi connectivity index (χ1) is 18.4. The quantitative estimate of drug-likeness (QED) is 0.315. The van der Waals surface area contributed by atoms with Crippen LogP contribution < -0.4 is 9.44 Å². The Morgan fingerprint density at radius 1 is 1.33 bits per heavy atom. The van der Waals surface area contributed by atoms with Gasteiger partial charge in [-0.3, -0.25) is 0 Å². The number of aromatic nitrogens is 1. The van der Waals surface area contributed by atoms with E-state index in [0.717, 1.165) is 0 Å². The number of aliphatic hydroxyl groups excluding tert-OH is 2. The summed E-state index contributed by atoms with van der Waals surface area (Å²) in [6.45, 7) is 3.32. The van der Waals surface area contributed by atoms with Gasteiger partial charge < -0.3 is 30.1 Å². The zero-order chi connectivity index (χ0) is 28.0. The van der Waals surface area contributed by atoms with Crippen LogP contribution in [-0.2, 0) is 27.9 Å². The van der Waals surface area contributed by atoms with Crippen molar-refractivity contribution in [3.8, 4) is 0 Å². The smallest absolute Gasteiger partial charge is 0.419 e. The highest BCUT2D eigenvalue weighted by molar-refractivity contribution is 7.88. The first-order valence-electron chi connectivity index (χ1n) is 12.5. The maximum absolute atomic E-state index is 14.9. The lowest BCUT2D eigenvalue weighted by Crippen LogP contribution is -2.52. The lowest BCUT2D eigenvalue weighted by molar-refractivity contribution is -0.206. The summed E-state index contributed by atoms with van der Waals surface area (Å²) >= 11 is 0. The molecule has 1 aromatic carbocycles. The zero-order valence-electron chi connectivity index (χ0n) is 21.0. The van der Waals surface area contributed by atoms with Crippen LogP contribution in [0.2, 0.25) is 0 Å². The van der Waals surface area contributed by atoms with Crippen LogP contribution in [-0.4, -0.2) is 69.5 Å². The van der Waals surface area contributed by atoms with Crippen LogP contribution in [0.5, 0.6) is 0 Å². The molecule has 1 aromatic heterocycles. The molecule has 12 nitrogen and oxygen atoms in total. The van der Waals surface area contributed by atoms with Gasteiger partial charge >= 0.3 is 16.3 Å². The minimum atomic E-state index is -4.45. The highest BCUT2D eigenvalue weighted by atomic mass is 32.2. The molecule has 6 N–H and O–H groups in total. The summed E-state index contributed by atoms with van der Waals surface area (Å²) in [5, 5.41) is 42.6. The molecule has 3 aliphatic heterocycles. The van der Waals surface area contributed by atoms with Gasteiger partial charge in [0.25, 0.3) is 0 Å². The molecular formula is C25H27FN4O8S. The molecule has 4 atom stereocenters. The lowest BCUT2D eigenvalue weighted by atomic mass is 9.81. The van der Waals surface area contributed by atoms with E-state index in [2.05, 4.69) is 4.72 Å². The molecule has 1 aliphatic carbocycles. The number of aryl methyl sites for hydroxylation is 1. The summed E-state index contributed by atoms with van der Waals surface area (Å²) in [5.41, 5.74) is 2.21. The second-order valence-corrected chi connectivity index (χ2v) is 11.7. The fourth-order valence-electron chi connectivity index (χ4n) is 6.27. The van der Waals surface area contributed by atoms with Crippen molar-refractivity contribution >= 4 is 32.9 Å². The standard InChI is InChI=1S/C25H27FN4O8S/c1-3-25(35)14-6-18-21-12(8-30(18)22(31)13(14)9-38-23(25)32)20-16(28-39(36,37)29-24(33)34)5-4-11-10(2)15(26)7-17(27-21)19(11)20/h6-7,16,22-23,28-29,31-32,35H,3-5,8-9H2,1-2H3,(H,33,34)/t16-,22?,23?,25-/m0/s1. The fourth-order valence-corrected chi connectivity index (χ4v) is 7.17. The number of carboxylic acid groups (broad SMARTS) is 1. The van der Waals surface area contributed by atoms with Gasteiger partial charge in [0.15, 0.2) is 12.5 Å². The molecule has 6 rings (SSSR count). The van der Waals surface area contributed by atoms with E-state index in [1.807, 2.05) is 0 Å². The second-order valence-electron chi connectivity index (χ2n) is 10.2. The first-order valence-corrected chi connectivity index (χ1v) is 13.9. The van der Waals surface area contributed by atoms with E-state index in [-0.39, 0.29) is 31.5 Å². The van der Waals surface area contributed by atoms with Crippen molar-refractivity contribution in [2.24, 2.45) is 0 Å². The van der Waals surface area contributed by atoms with Gasteiger partial charge in [0, 0.05) is 35.2 Å². The van der Waals surface area contributed by atoms with Crippen LogP contribution in [0.1, 0.15) is 53.8 Å². The highest BCUT2D eigenvalue weighted by Crippen LogP contribution is 2.49. The number of amides is 1. The summed E-state index contributed by atoms with van der Waals surface area (Å²) in [4.78, 5) is 17.4. The third kappa shape index (κ3) is 3.77. The number of hydrogen-bond donors (Lipinski definition) is 6. The molecule has 14 heteroatoms. The van der Waals surface area contributed by atoms with E-state index in [1.165, 1.54) is 10.8 Å². The average Bonchev–Trinajstić information content (AvgIpc) is 3.23. The predicted molar refractivity (Wildman–Crippen MR) is 134 cm³/mol. The fraction of sp³-hybridized carbons (Fsp3) is 0.440. The number of benzene rings is 1. The number of aliphatic hydroxyl groups is 3. The number of halogens is 1. The van der Waals surface area contributed by atoms with Crippen molar-refractivity contribution in [1.82, 2.24) is 19.3 Å². The Hall–Kier alpha value is -3.14. The minimum absolute atomic E-state index is 0.0982. The van der Waals surface area contributed by atoms with Gasteiger partial charge in [-0.15, -0.1) is 0 Å². The summed E-state index contributed by atoms with van der Waals surface area (Å²) in [6, 6.07) is 0.413. The summed E-state index contributed by atoms with van der Waals surface area (Å²) in [5.74, 6) is -0.465. The summed E-state index contributed by atoms with van der Waals surface area (Å²) in [6.07, 6.45) is -2.19. The number of hydrogen-bond acceptors (Lipinski definition) is 9. The SMILES string of the molecule is CC[C@]1(O)C2=C(COC1O)C(O)N1Cc3c(nc4cc(F)c(C)c5c4c3[C@@H](NS(=O)(=O)NC(=O)O)CC5)C1=C2. The molecule has 4 heterocycles. The maximum atomic E-state index is 14.9. The highest BCUT2D eigenvalue weighted by Gasteiger charge is 2.49. The van der Waals surface area contributed by atoms with E-state index < -0.39 is 46.3 Å². The molecule has 0 radical (unpaired) electrons. The monoisotopic (exact) mass is 562 g/mol. The van der Waals surface area contributed by atoms with E-state index in [1.54, 1.807) is 24.8 Å². The van der Waals surface area contributed by atoms with Crippen molar-refractivity contribution in [2.45, 2.75) is 63.8 Å². The van der Waals surface area contributed by atoms with Gasteiger partial charge in [0.1, 0.15) is 11.4 Å². The lowest BCUT2D eigenvalue weighted by Gasteiger charge is -2.44. The molecule has 208 valence electrons. The number of nitrogens with one attached hydrogen (secondary N) is 2. The number of fused-ring (bicyclic) bond motifs is 4. The molecule has 0 bridgehead atoms. The molecule has 1 amide bonds. The third-order valence-electron chi connectivity index (χ3n) is 8.22. The Balaban J connectivity index is 1.58. The van der Waals surface area contributed by atoms with Crippen LogP contribution in [0.4, 0.5) is 9.18 Å². The van der Waals surface area contributed by atoms with E-state index >= 15 is 0 Å². The van der Waals surface area contributed by atoms with Crippen LogP contribution in [0.3, 0.4) is 0 Å². The van der Waals surface area contributed by atoms with Gasteiger partial charge in [-0.1, -0.05) is 6.92 Å². The third-order valence-corrected chi connectivity index (χ3v) is 9.26. The molecule has 0 saturated carbocycles. The largest absolute Gasteiger partial charge is 0.464 e. The Labute approximate surface area is 222 Å². The Kier molecular flexibility index (Phi) is 5.81. The molecule has 0 saturated heterocycles. The molecule has 2 aromatic rings. The Bertz CT molecular complexity index is 1620. The number of rotatable bonds is 4. The van der Waals surface area contributed by atoms with E-state index in [9.17, 15) is 32.9 Å². The number of carbonyl (C=O) groups is 1. The van der Waals surface area contributed by atoms with Gasteiger partial charge in [0.05, 0.1) is 23.5 Å². The second kappa shape index (κ2) is 8.68. The molecule has 2 unspecified atom stereocenters. The van der Waals surface area contributed by atoms with Gasteiger partial charge in [-0.05, 0) is 54.5 Å². The van der Waals surface area contributed by atoms with Crippen LogP contribution in [0.25, 0.3) is 16.6 Å². The molecule has 4 aliphatic rings. The van der Waals surface area contributed by atoms with Crippen molar-refractivity contribution in [3.63, 3.8) is 0 Å².